The van der Waals surface area contributed by atoms with E-state index < -0.39 is 5.41 Å². The first-order valence-corrected chi connectivity index (χ1v) is 9.78. The number of rotatable bonds is 7. The van der Waals surface area contributed by atoms with Crippen molar-refractivity contribution in [3.8, 4) is 0 Å². The molecule has 0 bridgehead atoms. The number of hydrazone groups is 1. The van der Waals surface area contributed by atoms with Crippen molar-refractivity contribution in [3.05, 3.63) is 64.9 Å². The largest absolute Gasteiger partial charge is 0.388 e. The molecule has 0 aliphatic carbocycles. The number of benzene rings is 1. The maximum atomic E-state index is 12.1. The number of amides is 1. The van der Waals surface area contributed by atoms with Crippen LogP contribution in [-0.2, 0) is 15.0 Å². The first-order valence-electron chi connectivity index (χ1n) is 9.78. The van der Waals surface area contributed by atoms with Crippen LogP contribution in [-0.4, -0.2) is 25.5 Å². The topological polar surface area (TPSA) is 70.6 Å². The summed E-state index contributed by atoms with van der Waals surface area (Å²) < 4.78 is 0. The monoisotopic (exact) mass is 393 g/mol. The molecule has 5 heteroatoms. The molecule has 1 aromatic carbocycles. The molecule has 5 nitrogen and oxygen atoms in total. The summed E-state index contributed by atoms with van der Waals surface area (Å²) in [6.45, 7) is 10.2. The van der Waals surface area contributed by atoms with Crippen LogP contribution in [0, 0.1) is 5.41 Å². The zero-order valence-corrected chi connectivity index (χ0v) is 18.2. The molecule has 1 aromatic rings. The van der Waals surface area contributed by atoms with Crippen LogP contribution >= 0.6 is 0 Å². The Kier molecular flexibility index (Phi) is 6.96. The molecule has 29 heavy (non-hydrogen) atoms. The Labute approximate surface area is 173 Å². The summed E-state index contributed by atoms with van der Waals surface area (Å²) in [4.78, 5) is 23.1. The third-order valence-corrected chi connectivity index (χ3v) is 5.08. The highest BCUT2D eigenvalue weighted by Crippen LogP contribution is 2.30. The van der Waals surface area contributed by atoms with E-state index in [0.717, 1.165) is 23.1 Å². The number of carbonyl (C=O) groups excluding carboxylic acids is 2. The molecule has 1 aliphatic heterocycles. The average molecular weight is 394 g/mol. The van der Waals surface area contributed by atoms with Crippen LogP contribution in [0.1, 0.15) is 52.2 Å². The highest BCUT2D eigenvalue weighted by molar-refractivity contribution is 6.02. The van der Waals surface area contributed by atoms with Gasteiger partial charge in [-0.2, -0.15) is 5.10 Å². The maximum Gasteiger partial charge on any atom is 0.251 e. The summed E-state index contributed by atoms with van der Waals surface area (Å²) in [5, 5.41) is 7.13. The van der Waals surface area contributed by atoms with Crippen LogP contribution in [0.15, 0.2) is 58.9 Å². The van der Waals surface area contributed by atoms with Gasteiger partial charge in [0.25, 0.3) is 5.91 Å². The highest BCUT2D eigenvalue weighted by atomic mass is 16.2. The van der Waals surface area contributed by atoms with E-state index >= 15 is 0 Å². The van der Waals surface area contributed by atoms with Gasteiger partial charge in [-0.3, -0.25) is 9.59 Å². The van der Waals surface area contributed by atoms with Gasteiger partial charge in [-0.15, -0.1) is 0 Å². The quantitative estimate of drug-likeness (QED) is 0.416. The Morgan fingerprint density at radius 1 is 1.21 bits per heavy atom. The molecule has 1 heterocycles. The minimum Gasteiger partial charge on any atom is -0.388 e. The minimum absolute atomic E-state index is 0.0692. The van der Waals surface area contributed by atoms with Crippen molar-refractivity contribution in [2.24, 2.45) is 10.5 Å². The molecule has 0 radical (unpaired) electrons. The molecule has 1 unspecified atom stereocenters. The lowest BCUT2D eigenvalue weighted by Gasteiger charge is -2.21. The Balaban J connectivity index is 2.50. The molecule has 1 atom stereocenters. The van der Waals surface area contributed by atoms with Gasteiger partial charge in [0.15, 0.2) is 0 Å². The van der Waals surface area contributed by atoms with Crippen LogP contribution in [0.3, 0.4) is 0 Å². The SMILES string of the molecule is CNC(=C\C=C(\C)C=O)/C(=C/CC1(C)C=NNC1=O)c1ccc(C(C)(C)C)cc1. The zero-order valence-electron chi connectivity index (χ0n) is 18.2. The second kappa shape index (κ2) is 9.03. The first-order chi connectivity index (χ1) is 13.6. The summed E-state index contributed by atoms with van der Waals surface area (Å²) in [5.41, 5.74) is 6.66. The van der Waals surface area contributed by atoms with Gasteiger partial charge in [-0.25, -0.2) is 5.43 Å². The number of nitrogens with zero attached hydrogens (tertiary/aromatic N) is 1. The number of hydrogen-bond acceptors (Lipinski definition) is 4. The number of carbonyl (C=O) groups is 2. The van der Waals surface area contributed by atoms with E-state index in [1.54, 1.807) is 19.2 Å². The summed E-state index contributed by atoms with van der Waals surface area (Å²) in [6.07, 6.45) is 8.71. The van der Waals surface area contributed by atoms with Crippen LogP contribution in [0.5, 0.6) is 0 Å². The Bertz CT molecular complexity index is 884. The lowest BCUT2D eigenvalue weighted by Crippen LogP contribution is -2.30. The Morgan fingerprint density at radius 2 is 1.86 bits per heavy atom. The van der Waals surface area contributed by atoms with E-state index in [0.29, 0.717) is 12.0 Å². The number of likely N-dealkylation sites (N-methyl/N-ethyl adjacent to an activating group) is 1. The maximum absolute atomic E-state index is 12.1. The van der Waals surface area contributed by atoms with Crippen LogP contribution in [0.4, 0.5) is 0 Å². The second-order valence-electron chi connectivity index (χ2n) is 8.62. The van der Waals surface area contributed by atoms with E-state index in [1.807, 2.05) is 20.0 Å². The zero-order chi connectivity index (χ0) is 21.7. The predicted octanol–water partition coefficient (Wildman–Crippen LogP) is 4.13. The average Bonchev–Trinajstić information content (AvgIpc) is 3.02. The standard InChI is InChI=1S/C24H31N3O2/c1-17(15-28)7-12-21(25-6)20(13-14-24(5)16-26-27-22(24)29)18-8-10-19(11-9-18)23(2,3)4/h7-13,15-16,25H,14H2,1-6H3,(H,27,29)/b17-7-,20-13+,21-12-. The van der Waals surface area contributed by atoms with Crippen molar-refractivity contribution in [2.75, 3.05) is 7.05 Å². The van der Waals surface area contributed by atoms with Crippen LogP contribution < -0.4 is 10.7 Å². The van der Waals surface area contributed by atoms with Crippen LogP contribution in [0.2, 0.25) is 0 Å². The molecular weight excluding hydrogens is 362 g/mol. The van der Waals surface area contributed by atoms with Gasteiger partial charge >= 0.3 is 0 Å². The fourth-order valence-corrected chi connectivity index (χ4v) is 2.97. The van der Waals surface area contributed by atoms with Crippen molar-refractivity contribution >= 4 is 24.0 Å². The van der Waals surface area contributed by atoms with Gasteiger partial charge < -0.3 is 5.32 Å². The lowest BCUT2D eigenvalue weighted by atomic mass is 9.84. The normalized spacial score (nSPS) is 20.6. The van der Waals surface area contributed by atoms with Crippen LogP contribution in [0.25, 0.3) is 5.57 Å². The number of nitrogens with one attached hydrogen (secondary N) is 2. The van der Waals surface area contributed by atoms with Gasteiger partial charge in [-0.1, -0.05) is 57.2 Å². The summed E-state index contributed by atoms with van der Waals surface area (Å²) >= 11 is 0. The molecule has 0 spiro atoms. The van der Waals surface area contributed by atoms with Gasteiger partial charge in [0.2, 0.25) is 0 Å². The molecule has 154 valence electrons. The predicted molar refractivity (Wildman–Crippen MR) is 119 cm³/mol. The van der Waals surface area contributed by atoms with E-state index in [9.17, 15) is 9.59 Å². The van der Waals surface area contributed by atoms with E-state index in [1.165, 1.54) is 5.56 Å². The molecule has 0 fully saturated rings. The third kappa shape index (κ3) is 5.53. The van der Waals surface area contributed by atoms with Gasteiger partial charge in [0.05, 0.1) is 5.41 Å². The van der Waals surface area contributed by atoms with Gasteiger partial charge in [-0.05, 0) is 48.5 Å². The first kappa shape index (κ1) is 22.3. The van der Waals surface area contributed by atoms with Crippen molar-refractivity contribution in [1.82, 2.24) is 10.7 Å². The minimum atomic E-state index is -0.677. The number of allylic oxidation sites excluding steroid dienone is 5. The fourth-order valence-electron chi connectivity index (χ4n) is 2.97. The van der Waals surface area contributed by atoms with Crippen molar-refractivity contribution in [1.29, 1.82) is 0 Å². The molecule has 2 N–H and O–H groups in total. The van der Waals surface area contributed by atoms with Gasteiger partial charge in [0.1, 0.15) is 6.29 Å². The lowest BCUT2D eigenvalue weighted by molar-refractivity contribution is -0.125. The van der Waals surface area contributed by atoms with Gasteiger partial charge in [0, 0.05) is 24.5 Å². The number of hydrogen-bond donors (Lipinski definition) is 2. The molecule has 2 rings (SSSR count). The van der Waals surface area contributed by atoms with Crippen molar-refractivity contribution < 1.29 is 9.59 Å². The highest BCUT2D eigenvalue weighted by Gasteiger charge is 2.34. The Hall–Kier alpha value is -2.95. The van der Waals surface area contributed by atoms with E-state index in [2.05, 4.69) is 67.0 Å². The smallest absolute Gasteiger partial charge is 0.251 e. The fraction of sp³-hybridized carbons (Fsp3) is 0.375. The Morgan fingerprint density at radius 3 is 2.34 bits per heavy atom. The van der Waals surface area contributed by atoms with E-state index in [4.69, 9.17) is 0 Å². The molecule has 0 saturated carbocycles. The molecule has 1 aliphatic rings. The summed E-state index contributed by atoms with van der Waals surface area (Å²) in [5.74, 6) is -0.108. The molecular formula is C24H31N3O2. The summed E-state index contributed by atoms with van der Waals surface area (Å²) in [6, 6.07) is 8.46. The van der Waals surface area contributed by atoms with Crippen molar-refractivity contribution in [3.63, 3.8) is 0 Å². The number of aldehydes is 1. The van der Waals surface area contributed by atoms with Crippen molar-refractivity contribution in [2.45, 2.75) is 46.5 Å². The second-order valence-corrected chi connectivity index (χ2v) is 8.62. The van der Waals surface area contributed by atoms with E-state index in [-0.39, 0.29) is 11.3 Å². The summed E-state index contributed by atoms with van der Waals surface area (Å²) in [7, 11) is 1.85. The molecule has 0 saturated heterocycles. The molecule has 0 aromatic heterocycles. The third-order valence-electron chi connectivity index (χ3n) is 5.08. The molecule has 1 amide bonds.